The molecule has 0 aliphatic rings. The number of nitrogens with one attached hydrogen (secondary N) is 2. The molecule has 1 heterocycles. The van der Waals surface area contributed by atoms with Gasteiger partial charge in [-0.2, -0.15) is 0 Å². The van der Waals surface area contributed by atoms with Crippen molar-refractivity contribution in [2.75, 3.05) is 6.61 Å². The number of hydrogen-bond donors (Lipinski definition) is 3. The quantitative estimate of drug-likeness (QED) is 0.647. The normalized spacial score (nSPS) is 12.1. The fraction of sp³-hybridized carbons (Fsp3) is 0.400. The number of amides is 1. The molecule has 5 nitrogen and oxygen atoms in total. The monoisotopic (exact) mass is 210 g/mol. The molecule has 15 heavy (non-hydrogen) atoms. The summed E-state index contributed by atoms with van der Waals surface area (Å²) in [7, 11) is 0. The first-order valence-corrected chi connectivity index (χ1v) is 4.77. The third-order valence-corrected chi connectivity index (χ3v) is 2.09. The van der Waals surface area contributed by atoms with E-state index < -0.39 is 0 Å². The molecule has 1 rings (SSSR count). The smallest absolute Gasteiger partial charge is 0.251 e. The number of H-pyrrole nitrogens is 1. The van der Waals surface area contributed by atoms with Crippen LogP contribution < -0.4 is 10.9 Å². The fourth-order valence-corrected chi connectivity index (χ4v) is 1.13. The predicted molar refractivity (Wildman–Crippen MR) is 55.7 cm³/mol. The van der Waals surface area contributed by atoms with E-state index in [1.54, 1.807) is 0 Å². The SMILES string of the molecule is CCC(CO)NC(=O)c1cc[nH]c(=O)c1. The zero-order chi connectivity index (χ0) is 11.3. The van der Waals surface area contributed by atoms with Gasteiger partial charge in [0.25, 0.3) is 5.91 Å². The van der Waals surface area contributed by atoms with E-state index >= 15 is 0 Å². The minimum atomic E-state index is -0.345. The number of hydrogen-bond acceptors (Lipinski definition) is 3. The maximum atomic E-state index is 11.6. The van der Waals surface area contributed by atoms with Gasteiger partial charge in [0.2, 0.25) is 5.56 Å². The van der Waals surface area contributed by atoms with Gasteiger partial charge in [0.1, 0.15) is 0 Å². The predicted octanol–water partition coefficient (Wildman–Crippen LogP) is -0.124. The lowest BCUT2D eigenvalue weighted by atomic mass is 10.2. The molecular weight excluding hydrogens is 196 g/mol. The minimum Gasteiger partial charge on any atom is -0.394 e. The van der Waals surface area contributed by atoms with Crippen molar-refractivity contribution >= 4 is 5.91 Å². The highest BCUT2D eigenvalue weighted by atomic mass is 16.3. The minimum absolute atomic E-state index is 0.106. The number of pyridine rings is 1. The van der Waals surface area contributed by atoms with Gasteiger partial charge in [-0.1, -0.05) is 6.92 Å². The first-order valence-electron chi connectivity index (χ1n) is 4.77. The van der Waals surface area contributed by atoms with Gasteiger partial charge in [0, 0.05) is 17.8 Å². The van der Waals surface area contributed by atoms with Gasteiger partial charge in [0.05, 0.1) is 12.6 Å². The third-order valence-electron chi connectivity index (χ3n) is 2.09. The van der Waals surface area contributed by atoms with E-state index in [9.17, 15) is 9.59 Å². The first-order chi connectivity index (χ1) is 7.17. The van der Waals surface area contributed by atoms with E-state index in [1.807, 2.05) is 6.92 Å². The van der Waals surface area contributed by atoms with Gasteiger partial charge < -0.3 is 15.4 Å². The second-order valence-electron chi connectivity index (χ2n) is 3.20. The molecule has 0 fully saturated rings. The summed E-state index contributed by atoms with van der Waals surface area (Å²) in [6.45, 7) is 1.75. The summed E-state index contributed by atoms with van der Waals surface area (Å²) in [6.07, 6.45) is 2.06. The lowest BCUT2D eigenvalue weighted by Crippen LogP contribution is -2.37. The third kappa shape index (κ3) is 3.21. The van der Waals surface area contributed by atoms with Crippen LogP contribution in [0.2, 0.25) is 0 Å². The molecule has 1 aromatic rings. The Balaban J connectivity index is 2.73. The van der Waals surface area contributed by atoms with Crippen molar-refractivity contribution in [2.45, 2.75) is 19.4 Å². The molecule has 5 heteroatoms. The standard InChI is InChI=1S/C10H14N2O3/c1-2-8(6-13)12-10(15)7-3-4-11-9(14)5-7/h3-5,8,13H,2,6H2,1H3,(H,11,14)(H,12,15). The van der Waals surface area contributed by atoms with E-state index in [1.165, 1.54) is 18.3 Å². The van der Waals surface area contributed by atoms with Crippen molar-refractivity contribution in [1.29, 1.82) is 0 Å². The molecule has 82 valence electrons. The van der Waals surface area contributed by atoms with Crippen molar-refractivity contribution in [1.82, 2.24) is 10.3 Å². The number of aromatic amines is 1. The lowest BCUT2D eigenvalue weighted by Gasteiger charge is -2.13. The maximum absolute atomic E-state index is 11.6. The first kappa shape index (κ1) is 11.5. The van der Waals surface area contributed by atoms with E-state index in [0.717, 1.165) is 0 Å². The molecule has 1 aromatic heterocycles. The Kier molecular flexibility index (Phi) is 4.05. The van der Waals surface area contributed by atoms with Gasteiger partial charge >= 0.3 is 0 Å². The molecule has 1 amide bonds. The highest BCUT2D eigenvalue weighted by molar-refractivity contribution is 5.94. The fourth-order valence-electron chi connectivity index (χ4n) is 1.13. The number of rotatable bonds is 4. The van der Waals surface area contributed by atoms with Crippen molar-refractivity contribution in [3.05, 3.63) is 34.2 Å². The molecule has 0 spiro atoms. The molecule has 0 saturated carbocycles. The summed E-state index contributed by atoms with van der Waals surface area (Å²) >= 11 is 0. The highest BCUT2D eigenvalue weighted by Crippen LogP contribution is 1.96. The van der Waals surface area contributed by atoms with Crippen LogP contribution >= 0.6 is 0 Å². The number of carbonyl (C=O) groups is 1. The van der Waals surface area contributed by atoms with Gasteiger partial charge in [-0.25, -0.2) is 0 Å². The number of carbonyl (C=O) groups excluding carboxylic acids is 1. The summed E-state index contributed by atoms with van der Waals surface area (Å²) in [5.74, 6) is -0.345. The van der Waals surface area contributed by atoms with Crippen molar-refractivity contribution in [3.8, 4) is 0 Å². The van der Waals surface area contributed by atoms with E-state index in [2.05, 4.69) is 10.3 Å². The lowest BCUT2D eigenvalue weighted by molar-refractivity contribution is 0.0914. The van der Waals surface area contributed by atoms with Crippen LogP contribution in [0.4, 0.5) is 0 Å². The van der Waals surface area contributed by atoms with Gasteiger partial charge in [-0.05, 0) is 12.5 Å². The van der Waals surface area contributed by atoms with Crippen LogP contribution in [-0.2, 0) is 0 Å². The molecule has 1 unspecified atom stereocenters. The molecule has 0 aliphatic carbocycles. The topological polar surface area (TPSA) is 82.2 Å². The Labute approximate surface area is 87.1 Å². The van der Waals surface area contributed by atoms with E-state index in [0.29, 0.717) is 12.0 Å². The Hall–Kier alpha value is -1.62. The van der Waals surface area contributed by atoms with Crippen molar-refractivity contribution < 1.29 is 9.90 Å². The molecule has 3 N–H and O–H groups in total. The summed E-state index contributed by atoms with van der Waals surface area (Å²) in [5, 5.41) is 11.5. The second kappa shape index (κ2) is 5.31. The Morgan fingerprint density at radius 3 is 2.93 bits per heavy atom. The van der Waals surface area contributed by atoms with Crippen molar-refractivity contribution in [2.24, 2.45) is 0 Å². The number of aromatic nitrogens is 1. The maximum Gasteiger partial charge on any atom is 0.251 e. The Bertz CT molecular complexity index is 382. The molecule has 0 radical (unpaired) electrons. The zero-order valence-electron chi connectivity index (χ0n) is 8.49. The van der Waals surface area contributed by atoms with Crippen LogP contribution in [0.15, 0.2) is 23.1 Å². The molecule has 0 aromatic carbocycles. The van der Waals surface area contributed by atoms with Gasteiger partial charge in [0.15, 0.2) is 0 Å². The van der Waals surface area contributed by atoms with Crippen LogP contribution in [0, 0.1) is 0 Å². The molecule has 0 bridgehead atoms. The van der Waals surface area contributed by atoms with E-state index in [4.69, 9.17) is 5.11 Å². The Morgan fingerprint density at radius 1 is 1.67 bits per heavy atom. The highest BCUT2D eigenvalue weighted by Gasteiger charge is 2.10. The van der Waals surface area contributed by atoms with Crippen molar-refractivity contribution in [3.63, 3.8) is 0 Å². The van der Waals surface area contributed by atoms with Gasteiger partial charge in [-0.3, -0.25) is 9.59 Å². The van der Waals surface area contributed by atoms with E-state index in [-0.39, 0.29) is 24.1 Å². The largest absolute Gasteiger partial charge is 0.394 e. The average Bonchev–Trinajstić information content (AvgIpc) is 2.25. The Morgan fingerprint density at radius 2 is 2.40 bits per heavy atom. The zero-order valence-corrected chi connectivity index (χ0v) is 8.49. The molecule has 0 saturated heterocycles. The van der Waals surface area contributed by atoms with Gasteiger partial charge in [-0.15, -0.1) is 0 Å². The molecular formula is C10H14N2O3. The van der Waals surface area contributed by atoms with Crippen LogP contribution in [-0.4, -0.2) is 28.6 Å². The summed E-state index contributed by atoms with van der Waals surface area (Å²) in [6, 6.07) is 2.47. The summed E-state index contributed by atoms with van der Waals surface area (Å²) in [4.78, 5) is 24.9. The summed E-state index contributed by atoms with van der Waals surface area (Å²) < 4.78 is 0. The molecule has 0 aliphatic heterocycles. The number of aliphatic hydroxyl groups is 1. The molecule has 1 atom stereocenters. The summed E-state index contributed by atoms with van der Waals surface area (Å²) in [5.41, 5.74) is -0.0228. The van der Waals surface area contributed by atoms with Crippen LogP contribution in [0.3, 0.4) is 0 Å². The second-order valence-corrected chi connectivity index (χ2v) is 3.20. The van der Waals surface area contributed by atoms with Crippen LogP contribution in [0.5, 0.6) is 0 Å². The average molecular weight is 210 g/mol. The number of aliphatic hydroxyl groups excluding tert-OH is 1. The van der Waals surface area contributed by atoms with Crippen LogP contribution in [0.25, 0.3) is 0 Å². The van der Waals surface area contributed by atoms with Crippen LogP contribution in [0.1, 0.15) is 23.7 Å².